The van der Waals surface area contributed by atoms with Crippen LogP contribution in [0.4, 0.5) is 0 Å². The van der Waals surface area contributed by atoms with Crippen molar-refractivity contribution in [3.63, 3.8) is 0 Å². The number of hydrogen-bond acceptors (Lipinski definition) is 3. The molecule has 4 heteroatoms. The van der Waals surface area contributed by atoms with Crippen LogP contribution >= 0.6 is 22.6 Å². The van der Waals surface area contributed by atoms with Gasteiger partial charge in [0.2, 0.25) is 0 Å². The number of rotatable bonds is 3. The number of likely N-dealkylation sites (tertiary alicyclic amines) is 2. The third-order valence-corrected chi connectivity index (χ3v) is 4.33. The van der Waals surface area contributed by atoms with Crippen molar-refractivity contribution in [2.45, 2.75) is 19.3 Å². The molecule has 2 fully saturated rings. The summed E-state index contributed by atoms with van der Waals surface area (Å²) in [6, 6.07) is 0. The summed E-state index contributed by atoms with van der Waals surface area (Å²) >= 11 is 1.89. The highest BCUT2D eigenvalue weighted by Gasteiger charge is 2.43. The van der Waals surface area contributed by atoms with Crippen molar-refractivity contribution < 1.29 is 4.79 Å². The standard InChI is InChI=1S/C11H19IN2O/c1-13-6-3-11(4-7-13)8-14(9-11)5-2-10(12)15/h2-9H2,1H3. The van der Waals surface area contributed by atoms with Gasteiger partial charge in [-0.25, -0.2) is 0 Å². The summed E-state index contributed by atoms with van der Waals surface area (Å²) in [5.41, 5.74) is 0.612. The lowest BCUT2D eigenvalue weighted by Crippen LogP contribution is -2.60. The fourth-order valence-corrected chi connectivity index (χ4v) is 2.96. The maximum Gasteiger partial charge on any atom is 0.193 e. The Bertz CT molecular complexity index is 241. The van der Waals surface area contributed by atoms with Crippen LogP contribution in [0.5, 0.6) is 0 Å². The third-order valence-electron chi connectivity index (χ3n) is 3.79. The molecule has 2 aliphatic heterocycles. The summed E-state index contributed by atoms with van der Waals surface area (Å²) in [5, 5.41) is 0. The van der Waals surface area contributed by atoms with Crippen LogP contribution in [0.1, 0.15) is 19.3 Å². The molecule has 0 atom stereocenters. The van der Waals surface area contributed by atoms with Crippen molar-refractivity contribution in [2.24, 2.45) is 5.41 Å². The van der Waals surface area contributed by atoms with Crippen molar-refractivity contribution in [1.82, 2.24) is 9.80 Å². The molecule has 3 nitrogen and oxygen atoms in total. The van der Waals surface area contributed by atoms with E-state index in [4.69, 9.17) is 0 Å². The minimum atomic E-state index is 0.289. The highest BCUT2D eigenvalue weighted by molar-refractivity contribution is 14.1. The summed E-state index contributed by atoms with van der Waals surface area (Å²) in [6.45, 7) is 5.92. The first-order valence-corrected chi connectivity index (χ1v) is 6.77. The molecule has 0 aromatic carbocycles. The molecule has 2 heterocycles. The van der Waals surface area contributed by atoms with Crippen LogP contribution in [0.25, 0.3) is 0 Å². The topological polar surface area (TPSA) is 23.6 Å². The molecule has 0 saturated carbocycles. The molecule has 2 saturated heterocycles. The lowest BCUT2D eigenvalue weighted by molar-refractivity contribution is -0.111. The Morgan fingerprint density at radius 2 is 1.93 bits per heavy atom. The van der Waals surface area contributed by atoms with Gasteiger partial charge in [0.15, 0.2) is 3.79 Å². The van der Waals surface area contributed by atoms with E-state index in [0.717, 1.165) is 13.0 Å². The Hall–Kier alpha value is 0.320. The van der Waals surface area contributed by atoms with Crippen molar-refractivity contribution in [3.8, 4) is 0 Å². The average Bonchev–Trinajstić information content (AvgIpc) is 2.14. The van der Waals surface area contributed by atoms with E-state index in [-0.39, 0.29) is 3.79 Å². The van der Waals surface area contributed by atoms with E-state index in [1.54, 1.807) is 0 Å². The molecule has 15 heavy (non-hydrogen) atoms. The number of carbonyl (C=O) groups excluding carboxylic acids is 1. The monoisotopic (exact) mass is 322 g/mol. The molecule has 1 spiro atoms. The van der Waals surface area contributed by atoms with Crippen LogP contribution in [0, 0.1) is 5.41 Å². The molecule has 0 radical (unpaired) electrons. The van der Waals surface area contributed by atoms with E-state index in [2.05, 4.69) is 16.8 Å². The summed E-state index contributed by atoms with van der Waals surface area (Å²) in [7, 11) is 2.21. The minimum absolute atomic E-state index is 0.289. The number of carbonyl (C=O) groups is 1. The van der Waals surface area contributed by atoms with E-state index in [9.17, 15) is 4.79 Å². The summed E-state index contributed by atoms with van der Waals surface area (Å²) in [6.07, 6.45) is 3.41. The second-order valence-corrected chi connectivity index (χ2v) is 6.32. The van der Waals surface area contributed by atoms with Crippen LogP contribution < -0.4 is 0 Å². The fraction of sp³-hybridized carbons (Fsp3) is 0.909. The van der Waals surface area contributed by atoms with Gasteiger partial charge in [-0.15, -0.1) is 0 Å². The largest absolute Gasteiger partial charge is 0.306 e. The van der Waals surface area contributed by atoms with E-state index in [1.807, 2.05) is 22.6 Å². The van der Waals surface area contributed by atoms with Gasteiger partial charge in [-0.1, -0.05) is 0 Å². The van der Waals surface area contributed by atoms with Gasteiger partial charge in [-0.2, -0.15) is 0 Å². The Kier molecular flexibility index (Phi) is 3.67. The number of piperidine rings is 1. The smallest absolute Gasteiger partial charge is 0.193 e. The minimum Gasteiger partial charge on any atom is -0.306 e. The van der Waals surface area contributed by atoms with Crippen molar-refractivity contribution in [2.75, 3.05) is 39.8 Å². The first-order valence-electron chi connectivity index (χ1n) is 5.69. The average molecular weight is 322 g/mol. The molecule has 0 N–H and O–H groups in total. The van der Waals surface area contributed by atoms with Crippen LogP contribution in [0.15, 0.2) is 0 Å². The molecule has 0 aromatic rings. The lowest BCUT2D eigenvalue weighted by atomic mass is 9.72. The number of hydrogen-bond donors (Lipinski definition) is 0. The maximum atomic E-state index is 10.9. The quantitative estimate of drug-likeness (QED) is 0.579. The van der Waals surface area contributed by atoms with Gasteiger partial charge in [0.05, 0.1) is 0 Å². The Balaban J connectivity index is 1.70. The molecule has 0 aromatic heterocycles. The first kappa shape index (κ1) is 11.8. The Morgan fingerprint density at radius 1 is 1.33 bits per heavy atom. The van der Waals surface area contributed by atoms with Crippen molar-refractivity contribution in [1.29, 1.82) is 0 Å². The van der Waals surface area contributed by atoms with Gasteiger partial charge in [-0.3, -0.25) is 4.79 Å². The molecule has 2 rings (SSSR count). The molecular formula is C11H19IN2O. The van der Waals surface area contributed by atoms with E-state index >= 15 is 0 Å². The zero-order chi connectivity index (χ0) is 10.9. The van der Waals surface area contributed by atoms with E-state index < -0.39 is 0 Å². The molecule has 0 unspecified atom stereocenters. The van der Waals surface area contributed by atoms with E-state index in [0.29, 0.717) is 5.41 Å². The zero-order valence-electron chi connectivity index (χ0n) is 9.34. The predicted octanol–water partition coefficient (Wildman–Crippen LogP) is 1.37. The molecular weight excluding hydrogens is 303 g/mol. The highest BCUT2D eigenvalue weighted by Crippen LogP contribution is 2.39. The SMILES string of the molecule is CN1CCC2(CC1)CN(CCC(=O)I)C2. The molecule has 0 bridgehead atoms. The van der Waals surface area contributed by atoms with Crippen LogP contribution in [0.2, 0.25) is 0 Å². The second kappa shape index (κ2) is 4.67. The Morgan fingerprint density at radius 3 is 2.47 bits per heavy atom. The maximum absolute atomic E-state index is 10.9. The predicted molar refractivity (Wildman–Crippen MR) is 69.2 cm³/mol. The molecule has 2 aliphatic rings. The fourth-order valence-electron chi connectivity index (χ4n) is 2.72. The third kappa shape index (κ3) is 2.91. The van der Waals surface area contributed by atoms with Gasteiger partial charge in [0.25, 0.3) is 0 Å². The van der Waals surface area contributed by atoms with Crippen LogP contribution in [-0.4, -0.2) is 53.4 Å². The van der Waals surface area contributed by atoms with Gasteiger partial charge >= 0.3 is 0 Å². The summed E-state index contributed by atoms with van der Waals surface area (Å²) in [4.78, 5) is 15.7. The highest BCUT2D eigenvalue weighted by atomic mass is 127. The first-order chi connectivity index (χ1) is 7.10. The zero-order valence-corrected chi connectivity index (χ0v) is 11.5. The molecule has 86 valence electrons. The lowest BCUT2D eigenvalue weighted by Gasteiger charge is -2.53. The van der Waals surface area contributed by atoms with Gasteiger partial charge < -0.3 is 9.80 Å². The van der Waals surface area contributed by atoms with Crippen molar-refractivity contribution >= 4 is 26.4 Å². The Labute approximate surface area is 105 Å². The van der Waals surface area contributed by atoms with Gasteiger partial charge in [-0.05, 0) is 61.0 Å². The second-order valence-electron chi connectivity index (χ2n) is 5.12. The van der Waals surface area contributed by atoms with Crippen LogP contribution in [-0.2, 0) is 4.79 Å². The summed E-state index contributed by atoms with van der Waals surface area (Å²) < 4.78 is 0.289. The van der Waals surface area contributed by atoms with Crippen molar-refractivity contribution in [3.05, 3.63) is 0 Å². The van der Waals surface area contributed by atoms with Gasteiger partial charge in [0, 0.05) is 26.1 Å². The number of nitrogens with zero attached hydrogens (tertiary/aromatic N) is 2. The molecule has 0 aliphatic carbocycles. The normalized spacial score (nSPS) is 26.5. The number of halogens is 1. The van der Waals surface area contributed by atoms with Crippen LogP contribution in [0.3, 0.4) is 0 Å². The van der Waals surface area contributed by atoms with E-state index in [1.165, 1.54) is 39.0 Å². The van der Waals surface area contributed by atoms with Gasteiger partial charge in [0.1, 0.15) is 0 Å². The summed E-state index contributed by atoms with van der Waals surface area (Å²) in [5.74, 6) is 0. The molecule has 0 amide bonds.